The molecule has 1 unspecified atom stereocenters. The van der Waals surface area contributed by atoms with Crippen LogP contribution in [-0.4, -0.2) is 13.1 Å². The Labute approximate surface area is 83.2 Å². The van der Waals surface area contributed by atoms with E-state index >= 15 is 0 Å². The number of carbonyl (C=O) groups is 1. The van der Waals surface area contributed by atoms with Crippen LogP contribution >= 0.6 is 0 Å². The third-order valence-electron chi connectivity index (χ3n) is 1.98. The monoisotopic (exact) mass is 191 g/mol. The molecule has 74 valence electrons. The molecule has 0 saturated heterocycles. The third kappa shape index (κ3) is 2.00. The van der Waals surface area contributed by atoms with Crippen LogP contribution in [0.2, 0.25) is 0 Å². The van der Waals surface area contributed by atoms with Gasteiger partial charge in [0.2, 0.25) is 0 Å². The molecule has 1 atom stereocenters. The molecule has 0 saturated carbocycles. The molecular weight excluding hydrogens is 178 g/mol. The van der Waals surface area contributed by atoms with Gasteiger partial charge < -0.3 is 10.5 Å². The van der Waals surface area contributed by atoms with Gasteiger partial charge in [0.1, 0.15) is 0 Å². The molecule has 1 aromatic rings. The smallest absolute Gasteiger partial charge is 0.338 e. The number of methoxy groups -OCH3 is 1. The highest BCUT2D eigenvalue weighted by atomic mass is 16.5. The molecule has 0 radical (unpaired) electrons. The molecule has 0 spiro atoms. The van der Waals surface area contributed by atoms with Gasteiger partial charge in [-0.05, 0) is 11.6 Å². The molecule has 0 heterocycles. The predicted octanol–water partition coefficient (Wildman–Crippen LogP) is 1.66. The van der Waals surface area contributed by atoms with E-state index in [0.29, 0.717) is 5.56 Å². The fourth-order valence-corrected chi connectivity index (χ4v) is 1.21. The molecule has 0 aromatic heterocycles. The summed E-state index contributed by atoms with van der Waals surface area (Å²) in [6.07, 6.45) is 1.59. The Morgan fingerprint density at radius 1 is 1.57 bits per heavy atom. The number of ether oxygens (including phenoxy) is 1. The zero-order valence-corrected chi connectivity index (χ0v) is 8.07. The summed E-state index contributed by atoms with van der Waals surface area (Å²) in [5.41, 5.74) is 6.98. The maximum Gasteiger partial charge on any atom is 0.338 e. The lowest BCUT2D eigenvalue weighted by Crippen LogP contribution is -2.13. The van der Waals surface area contributed by atoms with Gasteiger partial charge in [-0.15, -0.1) is 6.58 Å². The van der Waals surface area contributed by atoms with Gasteiger partial charge in [-0.3, -0.25) is 0 Å². The van der Waals surface area contributed by atoms with Gasteiger partial charge in [0, 0.05) is 6.04 Å². The van der Waals surface area contributed by atoms with E-state index in [4.69, 9.17) is 5.73 Å². The van der Waals surface area contributed by atoms with Crippen molar-refractivity contribution >= 4 is 5.97 Å². The molecule has 3 nitrogen and oxygen atoms in total. The van der Waals surface area contributed by atoms with Gasteiger partial charge in [-0.2, -0.15) is 0 Å². The van der Waals surface area contributed by atoms with Crippen molar-refractivity contribution in [1.29, 1.82) is 0 Å². The van der Waals surface area contributed by atoms with E-state index in [1.54, 1.807) is 24.3 Å². The average molecular weight is 191 g/mol. The highest BCUT2D eigenvalue weighted by molar-refractivity contribution is 5.91. The second-order valence-corrected chi connectivity index (χ2v) is 2.84. The third-order valence-corrected chi connectivity index (χ3v) is 1.98. The van der Waals surface area contributed by atoms with E-state index in [0.717, 1.165) is 5.56 Å². The minimum atomic E-state index is -0.377. The molecule has 1 aromatic carbocycles. The van der Waals surface area contributed by atoms with Crippen molar-refractivity contribution in [2.45, 2.75) is 6.04 Å². The minimum absolute atomic E-state index is 0.342. The van der Waals surface area contributed by atoms with E-state index < -0.39 is 0 Å². The summed E-state index contributed by atoms with van der Waals surface area (Å²) in [6, 6.07) is 6.73. The Morgan fingerprint density at radius 3 is 2.79 bits per heavy atom. The largest absolute Gasteiger partial charge is 0.465 e. The highest BCUT2D eigenvalue weighted by Crippen LogP contribution is 2.17. The molecule has 14 heavy (non-hydrogen) atoms. The van der Waals surface area contributed by atoms with Gasteiger partial charge in [-0.1, -0.05) is 24.3 Å². The SMILES string of the molecule is C=CC(N)c1ccccc1C(=O)OC. The van der Waals surface area contributed by atoms with Crippen LogP contribution in [-0.2, 0) is 4.74 Å². The second kappa shape index (κ2) is 4.58. The van der Waals surface area contributed by atoms with Gasteiger partial charge >= 0.3 is 5.97 Å². The lowest BCUT2D eigenvalue weighted by molar-refractivity contribution is 0.0599. The van der Waals surface area contributed by atoms with Crippen LogP contribution in [0, 0.1) is 0 Å². The summed E-state index contributed by atoms with van der Waals surface area (Å²) in [6.45, 7) is 3.59. The van der Waals surface area contributed by atoms with Crippen LogP contribution in [0.15, 0.2) is 36.9 Å². The molecular formula is C11H13NO2. The van der Waals surface area contributed by atoms with Crippen molar-refractivity contribution in [1.82, 2.24) is 0 Å². The fourth-order valence-electron chi connectivity index (χ4n) is 1.21. The van der Waals surface area contributed by atoms with Gasteiger partial charge in [0.15, 0.2) is 0 Å². The van der Waals surface area contributed by atoms with Crippen molar-refractivity contribution < 1.29 is 9.53 Å². The number of benzene rings is 1. The van der Waals surface area contributed by atoms with Gasteiger partial charge in [0.05, 0.1) is 12.7 Å². The average Bonchev–Trinajstić information content (AvgIpc) is 2.27. The van der Waals surface area contributed by atoms with Crippen molar-refractivity contribution in [3.8, 4) is 0 Å². The molecule has 0 fully saturated rings. The van der Waals surface area contributed by atoms with Crippen LogP contribution in [0.1, 0.15) is 22.0 Å². The first-order valence-electron chi connectivity index (χ1n) is 4.26. The van der Waals surface area contributed by atoms with E-state index in [9.17, 15) is 4.79 Å². The Morgan fingerprint density at radius 2 is 2.21 bits per heavy atom. The summed E-state index contributed by atoms with van der Waals surface area (Å²) in [7, 11) is 1.35. The van der Waals surface area contributed by atoms with Crippen molar-refractivity contribution in [2.24, 2.45) is 5.73 Å². The Kier molecular flexibility index (Phi) is 3.42. The van der Waals surface area contributed by atoms with E-state index in [1.165, 1.54) is 7.11 Å². The predicted molar refractivity (Wildman–Crippen MR) is 54.9 cm³/mol. The molecule has 3 heteroatoms. The van der Waals surface area contributed by atoms with Gasteiger partial charge in [0.25, 0.3) is 0 Å². The molecule has 1 rings (SSSR count). The minimum Gasteiger partial charge on any atom is -0.465 e. The van der Waals surface area contributed by atoms with Gasteiger partial charge in [-0.25, -0.2) is 4.79 Å². The van der Waals surface area contributed by atoms with Crippen LogP contribution < -0.4 is 5.73 Å². The first-order valence-corrected chi connectivity index (χ1v) is 4.26. The normalized spacial score (nSPS) is 11.9. The summed E-state index contributed by atoms with van der Waals surface area (Å²) in [4.78, 5) is 11.3. The summed E-state index contributed by atoms with van der Waals surface area (Å²) >= 11 is 0. The molecule has 0 aliphatic heterocycles. The second-order valence-electron chi connectivity index (χ2n) is 2.84. The number of rotatable bonds is 3. The quantitative estimate of drug-likeness (QED) is 0.584. The highest BCUT2D eigenvalue weighted by Gasteiger charge is 2.13. The van der Waals surface area contributed by atoms with Crippen LogP contribution in [0.3, 0.4) is 0 Å². The van der Waals surface area contributed by atoms with Crippen LogP contribution in [0.5, 0.6) is 0 Å². The lowest BCUT2D eigenvalue weighted by Gasteiger charge is -2.10. The van der Waals surface area contributed by atoms with E-state index in [-0.39, 0.29) is 12.0 Å². The van der Waals surface area contributed by atoms with Crippen LogP contribution in [0.25, 0.3) is 0 Å². The standard InChI is InChI=1S/C11H13NO2/c1-3-10(12)8-6-4-5-7-9(8)11(13)14-2/h3-7,10H,1,12H2,2H3. The molecule has 0 aliphatic carbocycles. The van der Waals surface area contributed by atoms with Crippen molar-refractivity contribution in [3.63, 3.8) is 0 Å². The van der Waals surface area contributed by atoms with Crippen molar-refractivity contribution in [2.75, 3.05) is 7.11 Å². The van der Waals surface area contributed by atoms with Crippen LogP contribution in [0.4, 0.5) is 0 Å². The zero-order valence-electron chi connectivity index (χ0n) is 8.07. The Hall–Kier alpha value is -1.61. The maximum absolute atomic E-state index is 11.3. The van der Waals surface area contributed by atoms with Crippen molar-refractivity contribution in [3.05, 3.63) is 48.0 Å². The number of esters is 1. The number of nitrogens with two attached hydrogens (primary N) is 1. The Balaban J connectivity index is 3.15. The summed E-state index contributed by atoms with van der Waals surface area (Å²) in [5.74, 6) is -0.377. The molecule has 2 N–H and O–H groups in total. The molecule has 0 aliphatic rings. The summed E-state index contributed by atoms with van der Waals surface area (Å²) in [5, 5.41) is 0. The van der Waals surface area contributed by atoms with E-state index in [2.05, 4.69) is 11.3 Å². The molecule has 0 amide bonds. The Bertz CT molecular complexity index is 347. The number of hydrogen-bond donors (Lipinski definition) is 1. The number of carbonyl (C=O) groups excluding carboxylic acids is 1. The van der Waals surface area contributed by atoms with E-state index in [1.807, 2.05) is 6.07 Å². The topological polar surface area (TPSA) is 52.3 Å². The molecule has 0 bridgehead atoms. The number of hydrogen-bond acceptors (Lipinski definition) is 3. The zero-order chi connectivity index (χ0) is 10.6. The lowest BCUT2D eigenvalue weighted by atomic mass is 10.0. The summed E-state index contributed by atoms with van der Waals surface area (Å²) < 4.78 is 4.64. The maximum atomic E-state index is 11.3. The first-order chi connectivity index (χ1) is 6.70. The fraction of sp³-hybridized carbons (Fsp3) is 0.182. The first kappa shape index (κ1) is 10.5.